The fourth-order valence-corrected chi connectivity index (χ4v) is 6.19. The van der Waals surface area contributed by atoms with Crippen LogP contribution in [0.1, 0.15) is 38.8 Å². The van der Waals surface area contributed by atoms with Crippen LogP contribution in [0.4, 0.5) is 5.69 Å². The fourth-order valence-electron chi connectivity index (χ4n) is 4.62. The molecule has 1 N–H and O–H groups in total. The van der Waals surface area contributed by atoms with Gasteiger partial charge in [0.15, 0.2) is 11.5 Å². The van der Waals surface area contributed by atoms with E-state index in [0.29, 0.717) is 27.1 Å². The topological polar surface area (TPSA) is 105 Å². The van der Waals surface area contributed by atoms with E-state index >= 15 is 0 Å². The first kappa shape index (κ1) is 32.4. The van der Waals surface area contributed by atoms with E-state index in [1.807, 2.05) is 51.1 Å². The van der Waals surface area contributed by atoms with Crippen LogP contribution in [0, 0.1) is 0 Å². The highest BCUT2D eigenvalue weighted by Crippen LogP contribution is 2.36. The second-order valence-electron chi connectivity index (χ2n) is 11.1. The largest absolute Gasteiger partial charge is 0.454 e. The first-order valence-electron chi connectivity index (χ1n) is 13.8. The number of hydrogen-bond donors (Lipinski definition) is 1. The van der Waals surface area contributed by atoms with Gasteiger partial charge in [-0.3, -0.25) is 13.9 Å². The SMILES string of the molecule is CCS(=O)(=O)N(CC(=O)N(Cc1c(Cl)cccc1Cl)[C@H](Cc1ccccc1)C(=O)NC(C)(C)C)c1ccc2c(c1)OCO2. The highest BCUT2D eigenvalue weighted by Gasteiger charge is 2.35. The number of halogens is 2. The van der Waals surface area contributed by atoms with Gasteiger partial charge in [-0.2, -0.15) is 0 Å². The van der Waals surface area contributed by atoms with Crippen molar-refractivity contribution in [3.8, 4) is 11.5 Å². The predicted molar refractivity (Wildman–Crippen MR) is 168 cm³/mol. The molecule has 0 saturated heterocycles. The molecule has 0 unspecified atom stereocenters. The first-order chi connectivity index (χ1) is 20.3. The zero-order chi connectivity index (χ0) is 31.4. The molecule has 0 bridgehead atoms. The summed E-state index contributed by atoms with van der Waals surface area (Å²) in [5.74, 6) is -0.437. The summed E-state index contributed by atoms with van der Waals surface area (Å²) in [6.45, 7) is 6.33. The fraction of sp³-hybridized carbons (Fsp3) is 0.355. The van der Waals surface area contributed by atoms with E-state index in [9.17, 15) is 18.0 Å². The molecule has 1 atom stereocenters. The van der Waals surface area contributed by atoms with Gasteiger partial charge in [-0.15, -0.1) is 0 Å². The number of anilines is 1. The van der Waals surface area contributed by atoms with Crippen LogP contribution in [0.5, 0.6) is 11.5 Å². The predicted octanol–water partition coefficient (Wildman–Crippen LogP) is 5.43. The van der Waals surface area contributed by atoms with E-state index in [1.165, 1.54) is 17.9 Å². The van der Waals surface area contributed by atoms with Crippen LogP contribution < -0.4 is 19.1 Å². The summed E-state index contributed by atoms with van der Waals surface area (Å²) in [6, 6.07) is 17.9. The van der Waals surface area contributed by atoms with Gasteiger partial charge in [-0.25, -0.2) is 8.42 Å². The van der Waals surface area contributed by atoms with Gasteiger partial charge in [0, 0.05) is 40.2 Å². The van der Waals surface area contributed by atoms with E-state index in [1.54, 1.807) is 30.3 Å². The first-order valence-corrected chi connectivity index (χ1v) is 16.1. The van der Waals surface area contributed by atoms with E-state index in [0.717, 1.165) is 9.87 Å². The van der Waals surface area contributed by atoms with Gasteiger partial charge in [0.05, 0.1) is 11.4 Å². The van der Waals surface area contributed by atoms with Crippen molar-refractivity contribution in [1.29, 1.82) is 0 Å². The molecule has 43 heavy (non-hydrogen) atoms. The monoisotopic (exact) mass is 647 g/mol. The number of fused-ring (bicyclic) bond motifs is 1. The lowest BCUT2D eigenvalue weighted by Gasteiger charge is -2.35. The lowest BCUT2D eigenvalue weighted by molar-refractivity contribution is -0.140. The summed E-state index contributed by atoms with van der Waals surface area (Å²) in [4.78, 5) is 29.6. The van der Waals surface area contributed by atoms with Gasteiger partial charge >= 0.3 is 0 Å². The molecular formula is C31H35Cl2N3O6S. The van der Waals surface area contributed by atoms with Gasteiger partial charge in [-0.1, -0.05) is 59.6 Å². The van der Waals surface area contributed by atoms with Crippen LogP contribution in [0.25, 0.3) is 0 Å². The van der Waals surface area contributed by atoms with Crippen LogP contribution in [0.15, 0.2) is 66.7 Å². The molecule has 3 aromatic rings. The lowest BCUT2D eigenvalue weighted by Crippen LogP contribution is -2.56. The van der Waals surface area contributed by atoms with Gasteiger partial charge in [0.1, 0.15) is 12.6 Å². The average molecular weight is 649 g/mol. The third kappa shape index (κ3) is 8.13. The summed E-state index contributed by atoms with van der Waals surface area (Å²) in [7, 11) is -3.95. The van der Waals surface area contributed by atoms with Gasteiger partial charge in [0.25, 0.3) is 0 Å². The maximum absolute atomic E-state index is 14.3. The number of benzene rings is 3. The molecule has 0 aromatic heterocycles. The number of nitrogens with one attached hydrogen (secondary N) is 1. The summed E-state index contributed by atoms with van der Waals surface area (Å²) in [5, 5.41) is 3.61. The average Bonchev–Trinajstić information content (AvgIpc) is 3.42. The number of hydrogen-bond acceptors (Lipinski definition) is 6. The summed E-state index contributed by atoms with van der Waals surface area (Å²) in [6.07, 6.45) is 0.168. The number of nitrogens with zero attached hydrogens (tertiary/aromatic N) is 2. The van der Waals surface area contributed by atoms with Crippen molar-refractivity contribution in [3.63, 3.8) is 0 Å². The molecule has 0 saturated carbocycles. The second-order valence-corrected chi connectivity index (χ2v) is 14.1. The van der Waals surface area contributed by atoms with Crippen molar-refractivity contribution >= 4 is 50.7 Å². The van der Waals surface area contributed by atoms with E-state index in [-0.39, 0.29) is 31.2 Å². The van der Waals surface area contributed by atoms with Crippen LogP contribution in [0.3, 0.4) is 0 Å². The molecular weight excluding hydrogens is 613 g/mol. The van der Waals surface area contributed by atoms with E-state index < -0.39 is 40.0 Å². The maximum atomic E-state index is 14.3. The number of amides is 2. The minimum Gasteiger partial charge on any atom is -0.454 e. The Morgan fingerprint density at radius 1 is 0.953 bits per heavy atom. The third-order valence-electron chi connectivity index (χ3n) is 6.78. The Bertz CT molecular complexity index is 1560. The molecule has 12 heteroatoms. The van der Waals surface area contributed by atoms with Crippen LogP contribution in [-0.2, 0) is 32.6 Å². The second kappa shape index (κ2) is 13.4. The van der Waals surface area contributed by atoms with Crippen molar-refractivity contribution in [2.45, 2.75) is 52.2 Å². The molecule has 0 spiro atoms. The molecule has 0 aliphatic carbocycles. The Morgan fingerprint density at radius 2 is 1.60 bits per heavy atom. The van der Waals surface area contributed by atoms with Gasteiger partial charge < -0.3 is 19.7 Å². The zero-order valence-corrected chi connectivity index (χ0v) is 26.8. The van der Waals surface area contributed by atoms with Crippen molar-refractivity contribution < 1.29 is 27.5 Å². The van der Waals surface area contributed by atoms with Crippen LogP contribution >= 0.6 is 23.2 Å². The van der Waals surface area contributed by atoms with Crippen LogP contribution in [-0.4, -0.2) is 55.8 Å². The Kier molecular flexibility index (Phi) is 10.1. The zero-order valence-electron chi connectivity index (χ0n) is 24.5. The molecule has 2 amide bonds. The third-order valence-corrected chi connectivity index (χ3v) is 9.23. The minimum absolute atomic E-state index is 0.00860. The number of ether oxygens (including phenoxy) is 2. The van der Waals surface area contributed by atoms with Crippen molar-refractivity contribution in [2.75, 3.05) is 23.4 Å². The summed E-state index contributed by atoms with van der Waals surface area (Å²) < 4.78 is 38.6. The normalized spacial score (nSPS) is 13.3. The number of carbonyl (C=O) groups is 2. The summed E-state index contributed by atoms with van der Waals surface area (Å²) in [5.41, 5.74) is 0.878. The Balaban J connectivity index is 1.80. The molecule has 1 aliphatic rings. The highest BCUT2D eigenvalue weighted by molar-refractivity contribution is 7.92. The lowest BCUT2D eigenvalue weighted by atomic mass is 10.0. The molecule has 230 valence electrons. The highest BCUT2D eigenvalue weighted by atomic mass is 35.5. The molecule has 1 aliphatic heterocycles. The van der Waals surface area contributed by atoms with E-state index in [4.69, 9.17) is 32.7 Å². The van der Waals surface area contributed by atoms with Crippen molar-refractivity contribution in [3.05, 3.63) is 87.9 Å². The quantitative estimate of drug-likeness (QED) is 0.297. The van der Waals surface area contributed by atoms with Gasteiger partial charge in [0.2, 0.25) is 28.6 Å². The number of carbonyl (C=O) groups excluding carboxylic acids is 2. The van der Waals surface area contributed by atoms with Crippen molar-refractivity contribution in [1.82, 2.24) is 10.2 Å². The molecule has 9 nitrogen and oxygen atoms in total. The summed E-state index contributed by atoms with van der Waals surface area (Å²) >= 11 is 13.0. The standard InChI is InChI=1S/C31H35Cl2N3O6S/c1-5-43(39,40)36(22-14-15-27-28(17-22)42-20-41-27)19-29(37)35(18-23-24(32)12-9-13-25(23)33)26(30(38)34-31(2,3)4)16-21-10-7-6-8-11-21/h6-15,17,26H,5,16,18-20H2,1-4H3,(H,34,38)/t26-/m1/s1. The molecule has 0 fully saturated rings. The molecule has 4 rings (SSSR count). The Morgan fingerprint density at radius 3 is 2.23 bits per heavy atom. The maximum Gasteiger partial charge on any atom is 0.244 e. The Hall–Kier alpha value is -3.47. The number of sulfonamides is 1. The molecule has 1 heterocycles. The minimum atomic E-state index is -3.95. The molecule has 3 aromatic carbocycles. The van der Waals surface area contributed by atoms with E-state index in [2.05, 4.69) is 5.32 Å². The number of rotatable bonds is 11. The smallest absolute Gasteiger partial charge is 0.244 e. The Labute approximate surface area is 262 Å². The van der Waals surface area contributed by atoms with Gasteiger partial charge in [-0.05, 0) is 57.5 Å². The van der Waals surface area contributed by atoms with Crippen LogP contribution in [0.2, 0.25) is 10.0 Å². The molecule has 0 radical (unpaired) electrons. The van der Waals surface area contributed by atoms with Crippen molar-refractivity contribution in [2.24, 2.45) is 0 Å².